The number of aryl methyl sites for hydroxylation is 2. The summed E-state index contributed by atoms with van der Waals surface area (Å²) < 4.78 is 0. The molecule has 2 heterocycles. The Morgan fingerprint density at radius 3 is 1.25 bits per heavy atom. The van der Waals surface area contributed by atoms with E-state index in [4.69, 9.17) is 10.2 Å². The Morgan fingerprint density at radius 2 is 0.969 bits per heavy atom. The SMILES string of the molecule is Cc1c(C(=O)O)[nH]c(CCCCc2[nH]c(C(=O)O)c(C)c2CCC(=O)O)c1CCC(=O)O. The fraction of sp³-hybridized carbons (Fsp3) is 0.455. The second kappa shape index (κ2) is 10.7. The summed E-state index contributed by atoms with van der Waals surface area (Å²) >= 11 is 0. The number of hydrogen-bond donors (Lipinski definition) is 6. The van der Waals surface area contributed by atoms with Crippen LogP contribution in [0.2, 0.25) is 0 Å². The van der Waals surface area contributed by atoms with Gasteiger partial charge in [0, 0.05) is 24.2 Å². The summed E-state index contributed by atoms with van der Waals surface area (Å²) in [6.07, 6.45) is 2.59. The average molecular weight is 448 g/mol. The number of aromatic nitrogens is 2. The zero-order valence-electron chi connectivity index (χ0n) is 18.1. The van der Waals surface area contributed by atoms with Crippen LogP contribution >= 0.6 is 0 Å². The van der Waals surface area contributed by atoms with Crippen LogP contribution in [0.1, 0.15) is 80.3 Å². The summed E-state index contributed by atoms with van der Waals surface area (Å²) in [7, 11) is 0. The molecule has 0 aliphatic rings. The minimum atomic E-state index is -1.10. The maximum atomic E-state index is 11.4. The highest BCUT2D eigenvalue weighted by Gasteiger charge is 2.21. The summed E-state index contributed by atoms with van der Waals surface area (Å²) in [4.78, 5) is 50.6. The molecule has 0 saturated heterocycles. The zero-order valence-corrected chi connectivity index (χ0v) is 18.1. The van der Waals surface area contributed by atoms with Gasteiger partial charge in [-0.25, -0.2) is 9.59 Å². The van der Waals surface area contributed by atoms with Gasteiger partial charge in [0.05, 0.1) is 0 Å². The van der Waals surface area contributed by atoms with Crippen LogP contribution in [0.4, 0.5) is 0 Å². The molecule has 2 rings (SSSR count). The zero-order chi connectivity index (χ0) is 24.0. The van der Waals surface area contributed by atoms with E-state index in [1.54, 1.807) is 13.8 Å². The van der Waals surface area contributed by atoms with Gasteiger partial charge in [0.2, 0.25) is 0 Å². The highest BCUT2D eigenvalue weighted by Crippen LogP contribution is 2.24. The highest BCUT2D eigenvalue weighted by molar-refractivity contribution is 5.88. The van der Waals surface area contributed by atoms with Crippen molar-refractivity contribution in [2.75, 3.05) is 0 Å². The van der Waals surface area contributed by atoms with Gasteiger partial charge in [-0.2, -0.15) is 0 Å². The van der Waals surface area contributed by atoms with Crippen LogP contribution in [0.15, 0.2) is 0 Å². The minimum Gasteiger partial charge on any atom is -0.481 e. The lowest BCUT2D eigenvalue weighted by Gasteiger charge is -2.06. The molecule has 0 spiro atoms. The van der Waals surface area contributed by atoms with Crippen molar-refractivity contribution < 1.29 is 39.6 Å². The molecule has 0 amide bonds. The van der Waals surface area contributed by atoms with Gasteiger partial charge >= 0.3 is 23.9 Å². The van der Waals surface area contributed by atoms with Gasteiger partial charge in [-0.1, -0.05) is 0 Å². The molecule has 0 aliphatic heterocycles. The monoisotopic (exact) mass is 448 g/mol. The molecule has 0 fully saturated rings. The van der Waals surface area contributed by atoms with E-state index in [1.807, 2.05) is 0 Å². The number of carboxylic acids is 4. The number of hydrogen-bond acceptors (Lipinski definition) is 4. The van der Waals surface area contributed by atoms with E-state index in [1.165, 1.54) is 0 Å². The summed E-state index contributed by atoms with van der Waals surface area (Å²) in [5.41, 5.74) is 3.99. The summed E-state index contributed by atoms with van der Waals surface area (Å²) in [5.74, 6) is -4.12. The number of carbonyl (C=O) groups is 4. The number of H-pyrrole nitrogens is 2. The number of carboxylic acid groups (broad SMARTS) is 4. The highest BCUT2D eigenvalue weighted by atomic mass is 16.4. The third-order valence-electron chi connectivity index (χ3n) is 5.64. The second-order valence-corrected chi connectivity index (χ2v) is 7.77. The van der Waals surface area contributed by atoms with E-state index in [0.29, 0.717) is 59.3 Å². The normalized spacial score (nSPS) is 10.9. The van der Waals surface area contributed by atoms with E-state index < -0.39 is 23.9 Å². The molecule has 0 radical (unpaired) electrons. The number of aromatic amines is 2. The molecule has 2 aromatic rings. The number of nitrogens with one attached hydrogen (secondary N) is 2. The molecule has 2 aromatic heterocycles. The Balaban J connectivity index is 2.11. The van der Waals surface area contributed by atoms with Crippen molar-refractivity contribution in [1.82, 2.24) is 9.97 Å². The molecule has 10 nitrogen and oxygen atoms in total. The van der Waals surface area contributed by atoms with Gasteiger partial charge in [-0.05, 0) is 74.6 Å². The van der Waals surface area contributed by atoms with Crippen molar-refractivity contribution in [2.24, 2.45) is 0 Å². The van der Waals surface area contributed by atoms with E-state index in [9.17, 15) is 29.4 Å². The Hall–Kier alpha value is -3.56. The Bertz CT molecular complexity index is 949. The number of aromatic carboxylic acids is 2. The predicted octanol–water partition coefficient (Wildman–Crippen LogP) is 2.96. The smallest absolute Gasteiger partial charge is 0.352 e. The minimum absolute atomic E-state index is 0.0578. The summed E-state index contributed by atoms with van der Waals surface area (Å²) in [6.45, 7) is 3.31. The fourth-order valence-corrected chi connectivity index (χ4v) is 3.99. The third kappa shape index (κ3) is 5.99. The van der Waals surface area contributed by atoms with Crippen molar-refractivity contribution in [3.63, 3.8) is 0 Å². The Morgan fingerprint density at radius 1 is 0.625 bits per heavy atom. The molecule has 0 aliphatic carbocycles. The van der Waals surface area contributed by atoms with Crippen molar-refractivity contribution in [3.05, 3.63) is 45.0 Å². The Kier molecular flexibility index (Phi) is 8.22. The largest absolute Gasteiger partial charge is 0.481 e. The van der Waals surface area contributed by atoms with Crippen molar-refractivity contribution in [3.8, 4) is 0 Å². The molecule has 0 aromatic carbocycles. The molecule has 0 saturated carbocycles. The second-order valence-electron chi connectivity index (χ2n) is 7.77. The first-order valence-electron chi connectivity index (χ1n) is 10.3. The fourth-order valence-electron chi connectivity index (χ4n) is 3.99. The van der Waals surface area contributed by atoms with Crippen LogP contribution < -0.4 is 0 Å². The van der Waals surface area contributed by atoms with Crippen molar-refractivity contribution >= 4 is 23.9 Å². The molecule has 0 unspecified atom stereocenters. The van der Waals surface area contributed by atoms with Crippen LogP contribution in [-0.2, 0) is 35.3 Å². The maximum Gasteiger partial charge on any atom is 0.352 e. The van der Waals surface area contributed by atoms with Crippen LogP contribution in [-0.4, -0.2) is 54.3 Å². The van der Waals surface area contributed by atoms with Crippen LogP contribution in [0, 0.1) is 13.8 Å². The van der Waals surface area contributed by atoms with E-state index in [-0.39, 0.29) is 37.1 Å². The summed E-state index contributed by atoms with van der Waals surface area (Å²) in [5, 5.41) is 36.6. The molecule has 32 heavy (non-hydrogen) atoms. The first-order valence-corrected chi connectivity index (χ1v) is 10.3. The van der Waals surface area contributed by atoms with Crippen molar-refractivity contribution in [2.45, 2.75) is 65.2 Å². The number of rotatable bonds is 13. The van der Waals surface area contributed by atoms with E-state index in [2.05, 4.69) is 9.97 Å². The van der Waals surface area contributed by atoms with Crippen molar-refractivity contribution in [1.29, 1.82) is 0 Å². The van der Waals surface area contributed by atoms with Gasteiger partial charge in [-0.15, -0.1) is 0 Å². The number of aliphatic carboxylic acids is 2. The molecular weight excluding hydrogens is 420 g/mol. The summed E-state index contributed by atoms with van der Waals surface area (Å²) in [6, 6.07) is 0. The standard InChI is InChI=1S/C22H28N2O8/c1-11-13(7-9-17(25)26)15(23-19(11)21(29)30)5-3-4-6-16-14(8-10-18(27)28)12(2)20(24-16)22(31)32/h23-24H,3-10H2,1-2H3,(H,25,26)(H,27,28)(H,29,30)(H,31,32). The molecule has 0 atom stereocenters. The predicted molar refractivity (Wildman–Crippen MR) is 114 cm³/mol. The first kappa shape index (κ1) is 24.7. The molecule has 0 bridgehead atoms. The van der Waals surface area contributed by atoms with Crippen LogP contribution in [0.3, 0.4) is 0 Å². The van der Waals surface area contributed by atoms with Crippen LogP contribution in [0.25, 0.3) is 0 Å². The van der Waals surface area contributed by atoms with E-state index >= 15 is 0 Å². The average Bonchev–Trinajstić information content (AvgIpc) is 3.18. The topological polar surface area (TPSA) is 181 Å². The van der Waals surface area contributed by atoms with Gasteiger partial charge in [0.15, 0.2) is 0 Å². The molecular formula is C22H28N2O8. The van der Waals surface area contributed by atoms with Gasteiger partial charge in [0.25, 0.3) is 0 Å². The van der Waals surface area contributed by atoms with E-state index in [0.717, 1.165) is 0 Å². The molecule has 10 heteroatoms. The first-order chi connectivity index (χ1) is 15.0. The van der Waals surface area contributed by atoms with Crippen LogP contribution in [0.5, 0.6) is 0 Å². The van der Waals surface area contributed by atoms with Gasteiger partial charge in [-0.3, -0.25) is 9.59 Å². The lowest BCUT2D eigenvalue weighted by molar-refractivity contribution is -0.138. The lowest BCUT2D eigenvalue weighted by Crippen LogP contribution is -2.02. The lowest BCUT2D eigenvalue weighted by atomic mass is 9.99. The van der Waals surface area contributed by atoms with Gasteiger partial charge < -0.3 is 30.4 Å². The Labute approximate surface area is 184 Å². The quantitative estimate of drug-likeness (QED) is 0.253. The van der Waals surface area contributed by atoms with Gasteiger partial charge in [0.1, 0.15) is 11.4 Å². The number of unbranched alkanes of at least 4 members (excludes halogenated alkanes) is 1. The maximum absolute atomic E-state index is 11.4. The molecule has 174 valence electrons. The molecule has 6 N–H and O–H groups in total. The third-order valence-corrected chi connectivity index (χ3v) is 5.64.